The highest BCUT2D eigenvalue weighted by atomic mass is 19.1. The highest BCUT2D eigenvalue weighted by Crippen LogP contribution is 2.18. The topological polar surface area (TPSA) is 20.3 Å². The van der Waals surface area contributed by atoms with Crippen LogP contribution in [-0.2, 0) is 0 Å². The molecule has 0 heterocycles. The molecule has 0 aliphatic heterocycles. The summed E-state index contributed by atoms with van der Waals surface area (Å²) in [5, 5.41) is 0. The number of carbonyl (C=O) groups is 1. The number of rotatable bonds is 2. The first-order chi connectivity index (χ1) is 6.02. The van der Waals surface area contributed by atoms with Crippen LogP contribution in [0.4, 0.5) is 10.1 Å². The first-order valence-corrected chi connectivity index (χ1v) is 4.00. The summed E-state index contributed by atoms with van der Waals surface area (Å²) >= 11 is 0. The van der Waals surface area contributed by atoms with Crippen molar-refractivity contribution in [2.24, 2.45) is 0 Å². The molecular weight excluding hydrogens is 169 g/mol. The van der Waals surface area contributed by atoms with Crippen LogP contribution in [0.25, 0.3) is 0 Å². The Bertz CT molecular complexity index is 334. The molecule has 1 aromatic carbocycles. The number of hydrogen-bond acceptors (Lipinski definition) is 2. The smallest absolute Gasteiger partial charge is 0.159 e. The zero-order chi connectivity index (χ0) is 10.0. The minimum absolute atomic E-state index is 0.0527. The quantitative estimate of drug-likeness (QED) is 0.651. The third kappa shape index (κ3) is 2.05. The van der Waals surface area contributed by atoms with E-state index in [4.69, 9.17) is 0 Å². The lowest BCUT2D eigenvalue weighted by Gasteiger charge is -2.13. The summed E-state index contributed by atoms with van der Waals surface area (Å²) in [6.07, 6.45) is 0. The van der Waals surface area contributed by atoms with Crippen molar-refractivity contribution in [2.45, 2.75) is 6.92 Å². The molecular formula is C10H12FNO. The Morgan fingerprint density at radius 1 is 1.38 bits per heavy atom. The number of Topliss-reactive ketones (excluding diaryl/α,β-unsaturated/α-hetero) is 1. The van der Waals surface area contributed by atoms with Crippen molar-refractivity contribution >= 4 is 11.5 Å². The lowest BCUT2D eigenvalue weighted by atomic mass is 10.1. The van der Waals surface area contributed by atoms with Gasteiger partial charge in [-0.15, -0.1) is 0 Å². The summed E-state index contributed by atoms with van der Waals surface area (Å²) in [5.74, 6) is -0.363. The molecule has 0 radical (unpaired) electrons. The summed E-state index contributed by atoms with van der Waals surface area (Å²) in [5.41, 5.74) is 0.970. The maximum Gasteiger partial charge on any atom is 0.159 e. The van der Waals surface area contributed by atoms with Gasteiger partial charge in [-0.1, -0.05) is 0 Å². The van der Waals surface area contributed by atoms with Crippen molar-refractivity contribution in [1.82, 2.24) is 0 Å². The number of hydrogen-bond donors (Lipinski definition) is 0. The second kappa shape index (κ2) is 3.56. The average Bonchev–Trinajstić information content (AvgIpc) is 2.04. The van der Waals surface area contributed by atoms with Gasteiger partial charge in [-0.05, 0) is 25.1 Å². The van der Waals surface area contributed by atoms with E-state index in [1.54, 1.807) is 25.1 Å². The van der Waals surface area contributed by atoms with E-state index in [-0.39, 0.29) is 11.6 Å². The molecule has 0 saturated carbocycles. The molecule has 0 fully saturated rings. The Morgan fingerprint density at radius 3 is 2.46 bits per heavy atom. The third-order valence-corrected chi connectivity index (χ3v) is 1.83. The van der Waals surface area contributed by atoms with Crippen molar-refractivity contribution in [2.75, 3.05) is 19.0 Å². The molecule has 0 aliphatic carbocycles. The summed E-state index contributed by atoms with van der Waals surface area (Å²) in [4.78, 5) is 12.6. The molecule has 0 aliphatic rings. The zero-order valence-corrected chi connectivity index (χ0v) is 7.97. The van der Waals surface area contributed by atoms with Crippen molar-refractivity contribution in [3.63, 3.8) is 0 Å². The van der Waals surface area contributed by atoms with Gasteiger partial charge in [0, 0.05) is 19.7 Å². The second-order valence-electron chi connectivity index (χ2n) is 3.12. The Labute approximate surface area is 77.0 Å². The standard InChI is InChI=1S/C10H12FNO/c1-7(13)8-4-5-9(11)10(6-8)12(2)3/h4-6H,1-3H3. The Kier molecular flexibility index (Phi) is 2.66. The van der Waals surface area contributed by atoms with Crippen LogP contribution in [0.15, 0.2) is 18.2 Å². The fourth-order valence-corrected chi connectivity index (χ4v) is 1.07. The van der Waals surface area contributed by atoms with E-state index in [1.807, 2.05) is 0 Å². The van der Waals surface area contributed by atoms with E-state index in [0.717, 1.165) is 0 Å². The molecule has 0 amide bonds. The van der Waals surface area contributed by atoms with Crippen molar-refractivity contribution in [3.05, 3.63) is 29.6 Å². The van der Waals surface area contributed by atoms with Gasteiger partial charge in [0.15, 0.2) is 5.78 Å². The van der Waals surface area contributed by atoms with E-state index >= 15 is 0 Å². The van der Waals surface area contributed by atoms with E-state index < -0.39 is 0 Å². The summed E-state index contributed by atoms with van der Waals surface area (Å²) in [7, 11) is 3.48. The van der Waals surface area contributed by atoms with Crippen LogP contribution in [0, 0.1) is 5.82 Å². The summed E-state index contributed by atoms with van der Waals surface area (Å²) < 4.78 is 13.1. The van der Waals surface area contributed by atoms with Gasteiger partial charge in [-0.2, -0.15) is 0 Å². The molecule has 13 heavy (non-hydrogen) atoms. The molecule has 1 aromatic rings. The summed E-state index contributed by atoms with van der Waals surface area (Å²) in [6, 6.07) is 4.36. The highest BCUT2D eigenvalue weighted by Gasteiger charge is 2.07. The van der Waals surface area contributed by atoms with Gasteiger partial charge in [0.25, 0.3) is 0 Å². The molecule has 0 unspecified atom stereocenters. The molecule has 0 saturated heterocycles. The minimum atomic E-state index is -0.310. The van der Waals surface area contributed by atoms with E-state index in [2.05, 4.69) is 0 Å². The van der Waals surface area contributed by atoms with Crippen molar-refractivity contribution in [3.8, 4) is 0 Å². The Balaban J connectivity index is 3.19. The SMILES string of the molecule is CC(=O)c1ccc(F)c(N(C)C)c1. The van der Waals surface area contributed by atoms with Gasteiger partial charge < -0.3 is 4.90 Å². The van der Waals surface area contributed by atoms with Crippen LogP contribution < -0.4 is 4.90 Å². The lowest BCUT2D eigenvalue weighted by Crippen LogP contribution is -2.11. The number of carbonyl (C=O) groups excluding carboxylic acids is 1. The normalized spacial score (nSPS) is 9.85. The van der Waals surface area contributed by atoms with Gasteiger partial charge in [-0.3, -0.25) is 4.79 Å². The zero-order valence-electron chi connectivity index (χ0n) is 7.97. The highest BCUT2D eigenvalue weighted by molar-refractivity contribution is 5.95. The fourth-order valence-electron chi connectivity index (χ4n) is 1.07. The molecule has 0 bridgehead atoms. The molecule has 0 N–H and O–H groups in total. The van der Waals surface area contributed by atoms with Crippen LogP contribution in [-0.4, -0.2) is 19.9 Å². The Hall–Kier alpha value is -1.38. The molecule has 0 atom stereocenters. The average molecular weight is 181 g/mol. The van der Waals surface area contributed by atoms with Gasteiger partial charge in [-0.25, -0.2) is 4.39 Å². The molecule has 3 heteroatoms. The van der Waals surface area contributed by atoms with E-state index in [0.29, 0.717) is 11.3 Å². The van der Waals surface area contributed by atoms with Gasteiger partial charge in [0.2, 0.25) is 0 Å². The molecule has 2 nitrogen and oxygen atoms in total. The van der Waals surface area contributed by atoms with Crippen LogP contribution in [0.2, 0.25) is 0 Å². The molecule has 0 spiro atoms. The first kappa shape index (κ1) is 9.71. The molecule has 70 valence electrons. The maximum atomic E-state index is 13.1. The third-order valence-electron chi connectivity index (χ3n) is 1.83. The minimum Gasteiger partial charge on any atom is -0.375 e. The number of benzene rings is 1. The lowest BCUT2D eigenvalue weighted by molar-refractivity contribution is 0.101. The monoisotopic (exact) mass is 181 g/mol. The predicted octanol–water partition coefficient (Wildman–Crippen LogP) is 2.09. The van der Waals surface area contributed by atoms with Crippen LogP contribution in [0.5, 0.6) is 0 Å². The van der Waals surface area contributed by atoms with Crippen LogP contribution in [0.3, 0.4) is 0 Å². The van der Waals surface area contributed by atoms with E-state index in [9.17, 15) is 9.18 Å². The maximum absolute atomic E-state index is 13.1. The fraction of sp³-hybridized carbons (Fsp3) is 0.300. The van der Waals surface area contributed by atoms with Gasteiger partial charge in [0.1, 0.15) is 5.82 Å². The first-order valence-electron chi connectivity index (χ1n) is 4.00. The second-order valence-corrected chi connectivity index (χ2v) is 3.12. The number of halogens is 1. The molecule has 0 aromatic heterocycles. The predicted molar refractivity (Wildman–Crippen MR) is 50.7 cm³/mol. The summed E-state index contributed by atoms with van der Waals surface area (Å²) in [6.45, 7) is 1.46. The largest absolute Gasteiger partial charge is 0.375 e. The van der Waals surface area contributed by atoms with Crippen LogP contribution in [0.1, 0.15) is 17.3 Å². The van der Waals surface area contributed by atoms with Gasteiger partial charge in [0.05, 0.1) is 5.69 Å². The molecule has 1 rings (SSSR count). The van der Waals surface area contributed by atoms with Crippen molar-refractivity contribution in [1.29, 1.82) is 0 Å². The van der Waals surface area contributed by atoms with E-state index in [1.165, 1.54) is 19.1 Å². The number of ketones is 1. The Morgan fingerprint density at radius 2 is 2.00 bits per heavy atom. The van der Waals surface area contributed by atoms with Crippen molar-refractivity contribution < 1.29 is 9.18 Å². The number of nitrogens with zero attached hydrogens (tertiary/aromatic N) is 1. The van der Waals surface area contributed by atoms with Gasteiger partial charge >= 0.3 is 0 Å². The van der Waals surface area contributed by atoms with Crippen LogP contribution >= 0.6 is 0 Å². The number of anilines is 1.